The molecule has 28 heavy (non-hydrogen) atoms. The van der Waals surface area contributed by atoms with Crippen molar-refractivity contribution in [3.63, 3.8) is 0 Å². The molecule has 1 aromatic carbocycles. The van der Waals surface area contributed by atoms with Crippen molar-refractivity contribution in [3.8, 4) is 17.2 Å². The highest BCUT2D eigenvalue weighted by Crippen LogP contribution is 2.39. The summed E-state index contributed by atoms with van der Waals surface area (Å²) in [5.41, 5.74) is -0.207. The van der Waals surface area contributed by atoms with Crippen LogP contribution in [-0.2, 0) is 16.1 Å². The predicted octanol–water partition coefficient (Wildman–Crippen LogP) is 2.41. The second kappa shape index (κ2) is 9.43. The monoisotopic (exact) mass is 401 g/mol. The van der Waals surface area contributed by atoms with Gasteiger partial charge in [0.05, 0.1) is 6.54 Å². The minimum absolute atomic E-state index is 0.0102. The smallest absolute Gasteiger partial charge is 0.387 e. The van der Waals surface area contributed by atoms with Crippen molar-refractivity contribution < 1.29 is 32.5 Å². The molecule has 10 heteroatoms. The molecule has 0 aliphatic carbocycles. The molecule has 0 bridgehead atoms. The van der Waals surface area contributed by atoms with E-state index in [4.69, 9.17) is 14.2 Å². The number of hydrogen-bond acceptors (Lipinski definition) is 6. The van der Waals surface area contributed by atoms with E-state index < -0.39 is 18.2 Å². The Hall–Kier alpha value is -2.78. The van der Waals surface area contributed by atoms with Crippen LogP contribution in [0.4, 0.5) is 8.78 Å². The van der Waals surface area contributed by atoms with E-state index in [-0.39, 0.29) is 25.6 Å². The molecule has 0 unspecified atom stereocenters. The third-order valence-corrected chi connectivity index (χ3v) is 3.34. The van der Waals surface area contributed by atoms with Gasteiger partial charge < -0.3 is 29.6 Å². The van der Waals surface area contributed by atoms with E-state index in [9.17, 15) is 13.6 Å². The largest absolute Gasteiger partial charge is 0.459 e. The highest BCUT2D eigenvalue weighted by Gasteiger charge is 2.20. The molecule has 1 aliphatic heterocycles. The van der Waals surface area contributed by atoms with Gasteiger partial charge in [-0.3, -0.25) is 4.79 Å². The lowest BCUT2D eigenvalue weighted by atomic mass is 10.1. The summed E-state index contributed by atoms with van der Waals surface area (Å²) in [5, 5.41) is 5.82. The van der Waals surface area contributed by atoms with Crippen molar-refractivity contribution in [1.29, 1.82) is 0 Å². The van der Waals surface area contributed by atoms with Crippen LogP contribution in [0.2, 0.25) is 0 Å². The number of fused-ring (bicyclic) bond motifs is 1. The van der Waals surface area contributed by atoms with Gasteiger partial charge >= 0.3 is 12.6 Å². The van der Waals surface area contributed by atoms with Crippen LogP contribution in [0.3, 0.4) is 0 Å². The van der Waals surface area contributed by atoms with Crippen molar-refractivity contribution in [2.75, 3.05) is 19.9 Å². The van der Waals surface area contributed by atoms with Gasteiger partial charge in [-0.1, -0.05) is 0 Å². The van der Waals surface area contributed by atoms with Gasteiger partial charge in [-0.05, 0) is 33.8 Å². The number of hydrogen-bond donors (Lipinski definition) is 2. The summed E-state index contributed by atoms with van der Waals surface area (Å²) in [5.74, 6) is 0.597. The summed E-state index contributed by atoms with van der Waals surface area (Å²) in [7, 11) is 0. The molecule has 0 saturated carbocycles. The summed E-state index contributed by atoms with van der Waals surface area (Å²) in [6, 6.07) is 2.89. The van der Waals surface area contributed by atoms with Gasteiger partial charge in [0, 0.05) is 18.2 Å². The third-order valence-electron chi connectivity index (χ3n) is 3.34. The van der Waals surface area contributed by atoms with E-state index in [1.165, 1.54) is 6.07 Å². The molecular formula is C18H25F2N3O5. The van der Waals surface area contributed by atoms with Crippen LogP contribution in [-0.4, -0.2) is 44.0 Å². The van der Waals surface area contributed by atoms with Crippen LogP contribution < -0.4 is 24.8 Å². The standard InChI is InChI=1S/C18H25F2N3O5/c1-5-21-17(23-9-15(24)28-18(2,3)4)22-8-11-6-13-14(26-10-25-13)7-12(11)27-16(19)20/h6-7,16H,5,8-10H2,1-4H3,(H2,21,22,23). The summed E-state index contributed by atoms with van der Waals surface area (Å²) >= 11 is 0. The van der Waals surface area contributed by atoms with E-state index in [1.807, 2.05) is 6.92 Å². The summed E-state index contributed by atoms with van der Waals surface area (Å²) in [6.45, 7) is 4.67. The van der Waals surface area contributed by atoms with Crippen LogP contribution in [0, 0.1) is 0 Å². The quantitative estimate of drug-likeness (QED) is 0.412. The lowest BCUT2D eigenvalue weighted by Gasteiger charge is -2.20. The van der Waals surface area contributed by atoms with Crippen molar-refractivity contribution >= 4 is 11.9 Å². The number of aliphatic imine (C=N–C) groups is 1. The molecule has 2 N–H and O–H groups in total. The minimum Gasteiger partial charge on any atom is -0.459 e. The van der Waals surface area contributed by atoms with Gasteiger partial charge in [-0.25, -0.2) is 4.99 Å². The first kappa shape index (κ1) is 21.5. The van der Waals surface area contributed by atoms with Crippen LogP contribution in [0.1, 0.15) is 33.3 Å². The molecular weight excluding hydrogens is 376 g/mol. The summed E-state index contributed by atoms with van der Waals surface area (Å²) in [6.07, 6.45) is 0. The average molecular weight is 401 g/mol. The number of nitrogens with zero attached hydrogens (tertiary/aromatic N) is 1. The van der Waals surface area contributed by atoms with Gasteiger partial charge in [0.25, 0.3) is 0 Å². The van der Waals surface area contributed by atoms with E-state index >= 15 is 0 Å². The fraction of sp³-hybridized carbons (Fsp3) is 0.556. The first-order chi connectivity index (χ1) is 13.2. The Morgan fingerprint density at radius 3 is 2.54 bits per heavy atom. The fourth-order valence-corrected chi connectivity index (χ4v) is 2.33. The van der Waals surface area contributed by atoms with Crippen LogP contribution in [0.25, 0.3) is 0 Å². The van der Waals surface area contributed by atoms with Crippen molar-refractivity contribution in [3.05, 3.63) is 17.7 Å². The van der Waals surface area contributed by atoms with Gasteiger partial charge in [-0.2, -0.15) is 8.78 Å². The van der Waals surface area contributed by atoms with Crippen molar-refractivity contribution in [1.82, 2.24) is 10.6 Å². The van der Waals surface area contributed by atoms with Gasteiger partial charge in [0.2, 0.25) is 6.79 Å². The average Bonchev–Trinajstić information content (AvgIpc) is 3.02. The van der Waals surface area contributed by atoms with Crippen LogP contribution in [0.15, 0.2) is 17.1 Å². The Morgan fingerprint density at radius 1 is 1.25 bits per heavy atom. The topological polar surface area (TPSA) is 90.4 Å². The van der Waals surface area contributed by atoms with Gasteiger partial charge in [0.1, 0.15) is 17.9 Å². The lowest BCUT2D eigenvalue weighted by molar-refractivity contribution is -0.153. The maximum Gasteiger partial charge on any atom is 0.387 e. The minimum atomic E-state index is -2.98. The number of guanidine groups is 1. The van der Waals surface area contributed by atoms with E-state index in [0.29, 0.717) is 29.6 Å². The Kier molecular flexibility index (Phi) is 7.24. The highest BCUT2D eigenvalue weighted by molar-refractivity contribution is 5.84. The SMILES string of the molecule is CCNC(=NCc1cc2c(cc1OC(F)F)OCO2)NCC(=O)OC(C)(C)C. The second-order valence-electron chi connectivity index (χ2n) is 6.83. The molecule has 156 valence electrons. The Balaban J connectivity index is 2.10. The lowest BCUT2D eigenvalue weighted by Crippen LogP contribution is -2.41. The zero-order chi connectivity index (χ0) is 20.7. The number of rotatable bonds is 7. The number of halogens is 2. The van der Waals surface area contributed by atoms with Crippen molar-refractivity contribution in [2.45, 2.75) is 46.5 Å². The summed E-state index contributed by atoms with van der Waals surface area (Å²) in [4.78, 5) is 16.2. The van der Waals surface area contributed by atoms with E-state index in [2.05, 4.69) is 20.4 Å². The highest BCUT2D eigenvalue weighted by atomic mass is 19.3. The third kappa shape index (κ3) is 6.75. The fourth-order valence-electron chi connectivity index (χ4n) is 2.33. The zero-order valence-electron chi connectivity index (χ0n) is 16.3. The number of alkyl halides is 2. The molecule has 0 radical (unpaired) electrons. The number of ether oxygens (including phenoxy) is 4. The molecule has 1 heterocycles. The Bertz CT molecular complexity index is 720. The Labute approximate surface area is 162 Å². The maximum absolute atomic E-state index is 12.7. The van der Waals surface area contributed by atoms with E-state index in [0.717, 1.165) is 0 Å². The summed E-state index contributed by atoms with van der Waals surface area (Å²) < 4.78 is 45.7. The van der Waals surface area contributed by atoms with Gasteiger partial charge in [0.15, 0.2) is 17.5 Å². The normalized spacial score (nSPS) is 13.5. The molecule has 0 amide bonds. The predicted molar refractivity (Wildman–Crippen MR) is 97.9 cm³/mol. The molecule has 0 saturated heterocycles. The molecule has 0 spiro atoms. The molecule has 2 rings (SSSR count). The Morgan fingerprint density at radius 2 is 1.93 bits per heavy atom. The number of carbonyl (C=O) groups excluding carboxylic acids is 1. The molecule has 0 aromatic heterocycles. The molecule has 8 nitrogen and oxygen atoms in total. The van der Waals surface area contributed by atoms with Gasteiger partial charge in [-0.15, -0.1) is 0 Å². The van der Waals surface area contributed by atoms with Crippen LogP contribution >= 0.6 is 0 Å². The number of esters is 1. The molecule has 1 aliphatic rings. The van der Waals surface area contributed by atoms with Crippen LogP contribution in [0.5, 0.6) is 17.2 Å². The van der Waals surface area contributed by atoms with Crippen molar-refractivity contribution in [2.24, 2.45) is 4.99 Å². The molecule has 0 atom stereocenters. The first-order valence-corrected chi connectivity index (χ1v) is 8.79. The molecule has 0 fully saturated rings. The zero-order valence-corrected chi connectivity index (χ0v) is 16.3. The van der Waals surface area contributed by atoms with E-state index in [1.54, 1.807) is 26.8 Å². The number of carbonyl (C=O) groups is 1. The maximum atomic E-state index is 12.7. The number of nitrogens with one attached hydrogen (secondary N) is 2. The molecule has 1 aromatic rings. The second-order valence-corrected chi connectivity index (χ2v) is 6.83. The number of benzene rings is 1. The first-order valence-electron chi connectivity index (χ1n) is 8.79.